The van der Waals surface area contributed by atoms with E-state index < -0.39 is 5.97 Å². The average molecular weight is 436 g/mol. The number of carbonyl (C=O) groups excluding carboxylic acids is 2. The van der Waals surface area contributed by atoms with Crippen molar-refractivity contribution in [3.63, 3.8) is 0 Å². The van der Waals surface area contributed by atoms with E-state index in [4.69, 9.17) is 9.47 Å². The van der Waals surface area contributed by atoms with Crippen molar-refractivity contribution in [2.24, 2.45) is 0 Å². The monoisotopic (exact) mass is 436 g/mol. The van der Waals surface area contributed by atoms with E-state index in [1.54, 1.807) is 30.3 Å². The van der Waals surface area contributed by atoms with Gasteiger partial charge in [0.1, 0.15) is 6.29 Å². The highest BCUT2D eigenvalue weighted by Crippen LogP contribution is 2.34. The molecular weight excluding hydrogens is 419 g/mol. The molecule has 4 nitrogen and oxygen atoms in total. The minimum atomic E-state index is -0.467. The van der Waals surface area contributed by atoms with Gasteiger partial charge in [0.2, 0.25) is 0 Å². The van der Waals surface area contributed by atoms with Crippen LogP contribution >= 0.6 is 22.6 Å². The molecule has 0 N–H and O–H groups in total. The van der Waals surface area contributed by atoms with Crippen molar-refractivity contribution in [1.29, 1.82) is 0 Å². The van der Waals surface area contributed by atoms with Crippen LogP contribution in [0.4, 0.5) is 0 Å². The van der Waals surface area contributed by atoms with Gasteiger partial charge >= 0.3 is 5.97 Å². The van der Waals surface area contributed by atoms with Crippen molar-refractivity contribution >= 4 is 34.8 Å². The SMILES string of the molecule is C=CCc1cc(C=O)cc(OCC)c1OC(=O)c1ccccc1I. The first-order valence-corrected chi connectivity index (χ1v) is 8.51. The molecule has 24 heavy (non-hydrogen) atoms. The number of allylic oxidation sites excluding steroid dienone is 1. The molecular formula is C19H17IO4. The summed E-state index contributed by atoms with van der Waals surface area (Å²) in [5.41, 5.74) is 1.62. The van der Waals surface area contributed by atoms with Gasteiger partial charge in [-0.25, -0.2) is 4.79 Å². The second-order valence-corrected chi connectivity index (χ2v) is 6.08. The van der Waals surface area contributed by atoms with Gasteiger partial charge in [0.05, 0.1) is 12.2 Å². The van der Waals surface area contributed by atoms with Crippen molar-refractivity contribution in [3.05, 3.63) is 69.3 Å². The van der Waals surface area contributed by atoms with Crippen molar-refractivity contribution in [3.8, 4) is 11.5 Å². The molecule has 0 aromatic heterocycles. The van der Waals surface area contributed by atoms with Crippen LogP contribution < -0.4 is 9.47 Å². The van der Waals surface area contributed by atoms with Gasteiger partial charge in [-0.05, 0) is 60.2 Å². The molecule has 2 rings (SSSR count). The Hall–Kier alpha value is -2.15. The van der Waals surface area contributed by atoms with Crippen LogP contribution in [-0.4, -0.2) is 18.9 Å². The quantitative estimate of drug-likeness (QED) is 0.212. The third-order valence-corrected chi connectivity index (χ3v) is 4.18. The lowest BCUT2D eigenvalue weighted by Crippen LogP contribution is -2.13. The zero-order valence-electron chi connectivity index (χ0n) is 13.3. The van der Waals surface area contributed by atoms with Gasteiger partial charge in [0, 0.05) is 14.7 Å². The molecule has 0 saturated heterocycles. The predicted octanol–water partition coefficient (Wildman–Crippen LogP) is 4.45. The predicted molar refractivity (Wildman–Crippen MR) is 101 cm³/mol. The summed E-state index contributed by atoms with van der Waals surface area (Å²) in [5.74, 6) is 0.232. The van der Waals surface area contributed by atoms with Crippen LogP contribution in [-0.2, 0) is 6.42 Å². The summed E-state index contributed by atoms with van der Waals surface area (Å²) >= 11 is 2.09. The fourth-order valence-electron chi connectivity index (χ4n) is 2.21. The van der Waals surface area contributed by atoms with Crippen LogP contribution in [0, 0.1) is 3.57 Å². The Kier molecular flexibility index (Phi) is 6.54. The van der Waals surface area contributed by atoms with E-state index in [-0.39, 0.29) is 0 Å². The first kappa shape index (κ1) is 18.2. The summed E-state index contributed by atoms with van der Waals surface area (Å²) in [6, 6.07) is 10.4. The number of benzene rings is 2. The third kappa shape index (κ3) is 4.23. The summed E-state index contributed by atoms with van der Waals surface area (Å²) in [6.45, 7) is 5.93. The highest BCUT2D eigenvalue weighted by molar-refractivity contribution is 14.1. The molecule has 2 aromatic carbocycles. The molecule has 2 aromatic rings. The van der Waals surface area contributed by atoms with Crippen molar-refractivity contribution in [1.82, 2.24) is 0 Å². The van der Waals surface area contributed by atoms with E-state index in [2.05, 4.69) is 29.2 Å². The molecule has 0 radical (unpaired) electrons. The van der Waals surface area contributed by atoms with E-state index >= 15 is 0 Å². The molecule has 0 atom stereocenters. The Morgan fingerprint density at radius 3 is 2.67 bits per heavy atom. The van der Waals surface area contributed by atoms with Gasteiger partial charge < -0.3 is 9.47 Å². The number of aldehydes is 1. The molecule has 0 amide bonds. The summed E-state index contributed by atoms with van der Waals surface area (Å²) in [7, 11) is 0. The first-order valence-electron chi connectivity index (χ1n) is 7.43. The van der Waals surface area contributed by atoms with E-state index in [1.165, 1.54) is 0 Å². The lowest BCUT2D eigenvalue weighted by atomic mass is 10.1. The van der Waals surface area contributed by atoms with Gasteiger partial charge in [0.15, 0.2) is 11.5 Å². The van der Waals surface area contributed by atoms with Gasteiger partial charge in [-0.1, -0.05) is 18.2 Å². The number of ether oxygens (including phenoxy) is 2. The Balaban J connectivity index is 2.46. The Labute approximate surface area is 154 Å². The number of halogens is 1. The summed E-state index contributed by atoms with van der Waals surface area (Å²) < 4.78 is 12.0. The molecule has 0 saturated carbocycles. The molecule has 0 unspecified atom stereocenters. The molecule has 0 heterocycles. The van der Waals surface area contributed by atoms with E-state index in [9.17, 15) is 9.59 Å². The molecule has 5 heteroatoms. The topological polar surface area (TPSA) is 52.6 Å². The molecule has 0 aliphatic heterocycles. The smallest absolute Gasteiger partial charge is 0.344 e. The second-order valence-electron chi connectivity index (χ2n) is 4.92. The largest absolute Gasteiger partial charge is 0.490 e. The second kappa shape index (κ2) is 8.63. The molecule has 0 aliphatic carbocycles. The van der Waals surface area contributed by atoms with Gasteiger partial charge in [-0.2, -0.15) is 0 Å². The summed E-state index contributed by atoms with van der Waals surface area (Å²) in [5, 5.41) is 0. The standard InChI is InChI=1S/C19H17IO4/c1-3-7-14-10-13(12-21)11-17(23-4-2)18(14)24-19(22)15-8-5-6-9-16(15)20/h3,5-6,8-12H,1,4,7H2,2H3. The maximum atomic E-state index is 12.5. The van der Waals surface area contributed by atoms with Crippen LogP contribution in [0.3, 0.4) is 0 Å². The fraction of sp³-hybridized carbons (Fsp3) is 0.158. The normalized spacial score (nSPS) is 10.1. The van der Waals surface area contributed by atoms with E-state index in [1.807, 2.05) is 19.1 Å². The van der Waals surface area contributed by atoms with Gasteiger partial charge in [0.25, 0.3) is 0 Å². The maximum absolute atomic E-state index is 12.5. The minimum Gasteiger partial charge on any atom is -0.490 e. The van der Waals surface area contributed by atoms with Crippen LogP contribution in [0.25, 0.3) is 0 Å². The molecule has 0 bridgehead atoms. The third-order valence-electron chi connectivity index (χ3n) is 3.24. The van der Waals surface area contributed by atoms with Crippen molar-refractivity contribution < 1.29 is 19.1 Å². The number of hydrogen-bond acceptors (Lipinski definition) is 4. The van der Waals surface area contributed by atoms with Gasteiger partial charge in [-0.15, -0.1) is 6.58 Å². The summed E-state index contributed by atoms with van der Waals surface area (Å²) in [6.07, 6.45) is 2.88. The van der Waals surface area contributed by atoms with Crippen LogP contribution in [0.15, 0.2) is 49.1 Å². The maximum Gasteiger partial charge on any atom is 0.344 e. The van der Waals surface area contributed by atoms with Crippen molar-refractivity contribution in [2.45, 2.75) is 13.3 Å². The minimum absolute atomic E-state index is 0.326. The van der Waals surface area contributed by atoms with Crippen LogP contribution in [0.1, 0.15) is 33.2 Å². The fourth-order valence-corrected chi connectivity index (χ4v) is 2.82. The highest BCUT2D eigenvalue weighted by Gasteiger charge is 2.19. The molecule has 0 spiro atoms. The number of hydrogen-bond donors (Lipinski definition) is 0. The Morgan fingerprint density at radius 2 is 2.04 bits per heavy atom. The average Bonchev–Trinajstić information content (AvgIpc) is 2.58. The van der Waals surface area contributed by atoms with Crippen molar-refractivity contribution in [2.75, 3.05) is 6.61 Å². The number of carbonyl (C=O) groups is 2. The first-order chi connectivity index (χ1) is 11.6. The van der Waals surface area contributed by atoms with Gasteiger partial charge in [-0.3, -0.25) is 4.79 Å². The van der Waals surface area contributed by atoms with E-state index in [0.29, 0.717) is 41.2 Å². The molecule has 0 aliphatic rings. The van der Waals surface area contributed by atoms with Crippen LogP contribution in [0.5, 0.6) is 11.5 Å². The van der Waals surface area contributed by atoms with Crippen LogP contribution in [0.2, 0.25) is 0 Å². The Morgan fingerprint density at radius 1 is 1.29 bits per heavy atom. The summed E-state index contributed by atoms with van der Waals surface area (Å²) in [4.78, 5) is 23.7. The number of esters is 1. The highest BCUT2D eigenvalue weighted by atomic mass is 127. The van der Waals surface area contributed by atoms with E-state index in [0.717, 1.165) is 9.86 Å². The lowest BCUT2D eigenvalue weighted by molar-refractivity contribution is 0.0725. The number of rotatable bonds is 7. The molecule has 0 fully saturated rings. The Bertz CT molecular complexity index is 768. The zero-order valence-corrected chi connectivity index (χ0v) is 15.4. The lowest BCUT2D eigenvalue weighted by Gasteiger charge is -2.15. The molecule has 124 valence electrons. The zero-order chi connectivity index (χ0) is 17.5.